The highest BCUT2D eigenvalue weighted by Crippen LogP contribution is 2.38. The molecule has 1 aliphatic carbocycles. The maximum absolute atomic E-state index is 12.5. The van der Waals surface area contributed by atoms with Gasteiger partial charge in [-0.05, 0) is 50.1 Å². The van der Waals surface area contributed by atoms with Crippen LogP contribution in [0.25, 0.3) is 0 Å². The molecule has 3 N–H and O–H groups in total. The predicted octanol–water partition coefficient (Wildman–Crippen LogP) is 3.07. The fraction of sp³-hybridized carbons (Fsp3) is 0.368. The summed E-state index contributed by atoms with van der Waals surface area (Å²) in [4.78, 5) is 27.3. The number of methoxy groups -OCH3 is 1. The zero-order valence-corrected chi connectivity index (χ0v) is 16.9. The van der Waals surface area contributed by atoms with Crippen LogP contribution in [0.5, 0.6) is 5.75 Å². The average molecular weight is 408 g/mol. The lowest BCUT2D eigenvalue weighted by molar-refractivity contribution is -0.117. The highest BCUT2D eigenvalue weighted by atomic mass is 35.5. The molecule has 1 heterocycles. The fourth-order valence-electron chi connectivity index (χ4n) is 3.38. The molecule has 0 saturated heterocycles. The van der Waals surface area contributed by atoms with Crippen molar-refractivity contribution < 1.29 is 14.3 Å². The maximum atomic E-state index is 12.5. The Morgan fingerprint density at radius 1 is 1.37 bits per heavy atom. The number of benzene rings is 1. The molecular weight excluding hydrogens is 386 g/mol. The number of primary amides is 1. The van der Waals surface area contributed by atoms with Crippen LogP contribution in [-0.4, -0.2) is 37.4 Å². The first kappa shape index (κ1) is 19.7. The van der Waals surface area contributed by atoms with Gasteiger partial charge in [0.25, 0.3) is 5.91 Å². The smallest absolute Gasteiger partial charge is 0.251 e. The number of aryl methyl sites for hydroxylation is 1. The minimum Gasteiger partial charge on any atom is -0.496 e. The number of hydrogen-bond donors (Lipinski definition) is 2. The molecule has 27 heavy (non-hydrogen) atoms. The van der Waals surface area contributed by atoms with Gasteiger partial charge in [-0.3, -0.25) is 14.5 Å². The Balaban J connectivity index is 1.66. The fourth-order valence-corrected chi connectivity index (χ4v) is 4.89. The number of fused-ring (bicyclic) bond motifs is 1. The Bertz CT molecular complexity index is 881. The van der Waals surface area contributed by atoms with Crippen molar-refractivity contribution in [3.63, 3.8) is 0 Å². The normalized spacial score (nSPS) is 12.9. The van der Waals surface area contributed by atoms with Crippen molar-refractivity contribution in [2.24, 2.45) is 5.73 Å². The standard InChI is InChI=1S/C19H22ClN3O3S/c1-23(9-11-8-12(20)6-7-14(11)26-2)10-16(24)22-19-17(18(21)25)13-4-3-5-15(13)27-19/h6-8H,3-5,9-10H2,1-2H3,(H2,21,25)(H,22,24). The molecule has 0 spiro atoms. The summed E-state index contributed by atoms with van der Waals surface area (Å²) >= 11 is 7.51. The summed E-state index contributed by atoms with van der Waals surface area (Å²) in [5.74, 6) is 0.0417. The topological polar surface area (TPSA) is 84.7 Å². The third kappa shape index (κ3) is 4.43. The Morgan fingerprint density at radius 3 is 2.85 bits per heavy atom. The van der Waals surface area contributed by atoms with Gasteiger partial charge in [0, 0.05) is 22.0 Å². The molecular formula is C19H22ClN3O3S. The predicted molar refractivity (Wildman–Crippen MR) is 108 cm³/mol. The van der Waals surface area contributed by atoms with Crippen LogP contribution in [-0.2, 0) is 24.2 Å². The molecule has 1 aromatic heterocycles. The van der Waals surface area contributed by atoms with Gasteiger partial charge >= 0.3 is 0 Å². The SMILES string of the molecule is COc1ccc(Cl)cc1CN(C)CC(=O)Nc1sc2c(c1C(N)=O)CCC2. The van der Waals surface area contributed by atoms with Gasteiger partial charge in [0.1, 0.15) is 10.8 Å². The van der Waals surface area contributed by atoms with E-state index in [2.05, 4.69) is 5.32 Å². The lowest BCUT2D eigenvalue weighted by Gasteiger charge is -2.18. The summed E-state index contributed by atoms with van der Waals surface area (Å²) in [5.41, 5.74) is 7.91. The number of nitrogens with zero attached hydrogens (tertiary/aromatic N) is 1. The van der Waals surface area contributed by atoms with E-state index >= 15 is 0 Å². The number of thiophene rings is 1. The van der Waals surface area contributed by atoms with Gasteiger partial charge in [-0.25, -0.2) is 0 Å². The molecule has 6 nitrogen and oxygen atoms in total. The van der Waals surface area contributed by atoms with E-state index in [9.17, 15) is 9.59 Å². The van der Waals surface area contributed by atoms with Crippen molar-refractivity contribution in [2.75, 3.05) is 26.0 Å². The van der Waals surface area contributed by atoms with E-state index in [4.69, 9.17) is 22.1 Å². The van der Waals surface area contributed by atoms with E-state index in [1.54, 1.807) is 19.2 Å². The largest absolute Gasteiger partial charge is 0.496 e. The van der Waals surface area contributed by atoms with Crippen LogP contribution in [0.15, 0.2) is 18.2 Å². The zero-order chi connectivity index (χ0) is 19.6. The molecule has 0 saturated carbocycles. The van der Waals surface area contributed by atoms with Gasteiger partial charge in [-0.1, -0.05) is 11.6 Å². The van der Waals surface area contributed by atoms with Gasteiger partial charge in [-0.15, -0.1) is 11.3 Å². The molecule has 3 rings (SSSR count). The molecule has 1 aliphatic rings. The van der Waals surface area contributed by atoms with Crippen LogP contribution in [0, 0.1) is 0 Å². The second kappa shape index (κ2) is 8.29. The van der Waals surface area contributed by atoms with Crippen molar-refractivity contribution in [3.05, 3.63) is 44.8 Å². The van der Waals surface area contributed by atoms with Crippen LogP contribution in [0.3, 0.4) is 0 Å². The first-order valence-corrected chi connectivity index (χ1v) is 9.83. The summed E-state index contributed by atoms with van der Waals surface area (Å²) in [6.07, 6.45) is 2.80. The number of anilines is 1. The van der Waals surface area contributed by atoms with Crippen molar-refractivity contribution >= 4 is 39.8 Å². The minimum absolute atomic E-state index is 0.163. The number of ether oxygens (including phenoxy) is 1. The third-order valence-corrected chi connectivity index (χ3v) is 5.96. The van der Waals surface area contributed by atoms with Crippen molar-refractivity contribution in [1.29, 1.82) is 0 Å². The van der Waals surface area contributed by atoms with Crippen molar-refractivity contribution in [1.82, 2.24) is 4.90 Å². The number of nitrogens with one attached hydrogen (secondary N) is 1. The molecule has 0 atom stereocenters. The van der Waals surface area contributed by atoms with Crippen LogP contribution in [0.1, 0.15) is 32.8 Å². The number of amides is 2. The molecule has 2 aromatic rings. The average Bonchev–Trinajstić information content (AvgIpc) is 3.14. The molecule has 144 valence electrons. The summed E-state index contributed by atoms with van der Waals surface area (Å²) in [6.45, 7) is 0.664. The number of halogens is 1. The van der Waals surface area contributed by atoms with Gasteiger partial charge in [0.05, 0.1) is 19.2 Å². The van der Waals surface area contributed by atoms with Gasteiger partial charge < -0.3 is 15.8 Å². The Morgan fingerprint density at radius 2 is 2.15 bits per heavy atom. The Hall–Kier alpha value is -2.09. The summed E-state index contributed by atoms with van der Waals surface area (Å²) < 4.78 is 5.34. The van der Waals surface area contributed by atoms with Crippen LogP contribution < -0.4 is 15.8 Å². The summed E-state index contributed by atoms with van der Waals surface area (Å²) in [6, 6.07) is 5.39. The van der Waals surface area contributed by atoms with Crippen LogP contribution >= 0.6 is 22.9 Å². The molecule has 8 heteroatoms. The minimum atomic E-state index is -0.485. The van der Waals surface area contributed by atoms with Crippen molar-refractivity contribution in [3.8, 4) is 5.75 Å². The maximum Gasteiger partial charge on any atom is 0.251 e. The lowest BCUT2D eigenvalue weighted by Crippen LogP contribution is -2.30. The van der Waals surface area contributed by atoms with Crippen LogP contribution in [0.2, 0.25) is 5.02 Å². The molecule has 1 aromatic carbocycles. The highest BCUT2D eigenvalue weighted by Gasteiger charge is 2.26. The van der Waals surface area contributed by atoms with E-state index in [0.717, 1.165) is 41.0 Å². The van der Waals surface area contributed by atoms with E-state index in [-0.39, 0.29) is 12.5 Å². The number of nitrogens with two attached hydrogens (primary N) is 1. The van der Waals surface area contributed by atoms with E-state index in [1.807, 2.05) is 18.0 Å². The monoisotopic (exact) mass is 407 g/mol. The second-order valence-corrected chi connectivity index (χ2v) is 8.14. The summed E-state index contributed by atoms with van der Waals surface area (Å²) in [7, 11) is 3.43. The molecule has 0 fully saturated rings. The number of rotatable bonds is 7. The van der Waals surface area contributed by atoms with E-state index in [0.29, 0.717) is 22.1 Å². The van der Waals surface area contributed by atoms with Crippen LogP contribution in [0.4, 0.5) is 5.00 Å². The Labute approximate surface area is 167 Å². The zero-order valence-electron chi connectivity index (χ0n) is 15.3. The number of hydrogen-bond acceptors (Lipinski definition) is 5. The first-order chi connectivity index (χ1) is 12.9. The highest BCUT2D eigenvalue weighted by molar-refractivity contribution is 7.17. The third-order valence-electron chi connectivity index (χ3n) is 4.52. The van der Waals surface area contributed by atoms with Gasteiger partial charge in [0.2, 0.25) is 5.91 Å². The molecule has 0 bridgehead atoms. The molecule has 0 radical (unpaired) electrons. The summed E-state index contributed by atoms with van der Waals surface area (Å²) in [5, 5.41) is 4.03. The van der Waals surface area contributed by atoms with E-state index in [1.165, 1.54) is 11.3 Å². The molecule has 0 aliphatic heterocycles. The number of carbonyl (C=O) groups excluding carboxylic acids is 2. The number of carbonyl (C=O) groups is 2. The quantitative estimate of drug-likeness (QED) is 0.738. The van der Waals surface area contributed by atoms with Gasteiger partial charge in [0.15, 0.2) is 0 Å². The number of likely N-dealkylation sites (N-methyl/N-ethyl adjacent to an activating group) is 1. The second-order valence-electron chi connectivity index (χ2n) is 6.60. The van der Waals surface area contributed by atoms with Gasteiger partial charge in [-0.2, -0.15) is 0 Å². The van der Waals surface area contributed by atoms with E-state index < -0.39 is 5.91 Å². The first-order valence-electron chi connectivity index (χ1n) is 8.64. The Kier molecular flexibility index (Phi) is 6.04. The van der Waals surface area contributed by atoms with Crippen molar-refractivity contribution in [2.45, 2.75) is 25.8 Å². The molecule has 2 amide bonds. The lowest BCUT2D eigenvalue weighted by atomic mass is 10.1. The molecule has 0 unspecified atom stereocenters.